The number of nitrogens with zero attached hydrogens (tertiary/aromatic N) is 4. The van der Waals surface area contributed by atoms with Crippen molar-refractivity contribution >= 4 is 16.8 Å². The molecule has 2 aromatic heterocycles. The Morgan fingerprint density at radius 1 is 1.16 bits per heavy atom. The zero-order valence-corrected chi connectivity index (χ0v) is 14.3. The molecule has 130 valence electrons. The molecule has 0 bridgehead atoms. The van der Waals surface area contributed by atoms with E-state index in [2.05, 4.69) is 44.1 Å². The van der Waals surface area contributed by atoms with Gasteiger partial charge >= 0.3 is 0 Å². The molecule has 1 fully saturated rings. The molecule has 1 saturated heterocycles. The minimum absolute atomic E-state index is 0.280. The lowest BCUT2D eigenvalue weighted by Gasteiger charge is -2.32. The smallest absolute Gasteiger partial charge is 0.222 e. The summed E-state index contributed by atoms with van der Waals surface area (Å²) in [5.74, 6) is 0.280. The largest absolute Gasteiger partial charge is 0.361 e. The third kappa shape index (κ3) is 3.43. The highest BCUT2D eigenvalue weighted by Gasteiger charge is 2.23. The summed E-state index contributed by atoms with van der Waals surface area (Å²) in [7, 11) is 0. The summed E-state index contributed by atoms with van der Waals surface area (Å²) in [5, 5.41) is 9.00. The van der Waals surface area contributed by atoms with Gasteiger partial charge in [0.1, 0.15) is 12.7 Å². The van der Waals surface area contributed by atoms with Crippen molar-refractivity contribution in [3.05, 3.63) is 48.7 Å². The van der Waals surface area contributed by atoms with Gasteiger partial charge in [-0.2, -0.15) is 0 Å². The molecule has 1 aliphatic rings. The first-order chi connectivity index (χ1) is 12.3. The van der Waals surface area contributed by atoms with Gasteiger partial charge in [0.15, 0.2) is 0 Å². The topological polar surface area (TPSA) is 66.8 Å². The monoisotopic (exact) mass is 337 g/mol. The molecule has 6 nitrogen and oxygen atoms in total. The van der Waals surface area contributed by atoms with E-state index in [0.717, 1.165) is 38.8 Å². The quantitative estimate of drug-likeness (QED) is 0.778. The summed E-state index contributed by atoms with van der Waals surface area (Å²) in [6.07, 6.45) is 10.0. The summed E-state index contributed by atoms with van der Waals surface area (Å²) in [6.45, 7) is 1.66. The molecule has 0 aliphatic carbocycles. The number of hydrogen-bond acceptors (Lipinski definition) is 3. The first-order valence-electron chi connectivity index (χ1n) is 8.98. The molecule has 3 heterocycles. The lowest BCUT2D eigenvalue weighted by Crippen LogP contribution is -2.38. The number of carbonyl (C=O) groups excluding carboxylic acids is 1. The second kappa shape index (κ2) is 7.09. The molecule has 25 heavy (non-hydrogen) atoms. The number of para-hydroxylation sites is 1. The van der Waals surface area contributed by atoms with Gasteiger partial charge in [-0.3, -0.25) is 4.79 Å². The van der Waals surface area contributed by atoms with Crippen molar-refractivity contribution in [3.63, 3.8) is 0 Å². The second-order valence-electron chi connectivity index (χ2n) is 6.73. The van der Waals surface area contributed by atoms with E-state index in [4.69, 9.17) is 0 Å². The highest BCUT2D eigenvalue weighted by Crippen LogP contribution is 2.23. The van der Waals surface area contributed by atoms with Crippen molar-refractivity contribution in [2.24, 2.45) is 0 Å². The fraction of sp³-hybridized carbons (Fsp3) is 0.421. The van der Waals surface area contributed by atoms with E-state index in [-0.39, 0.29) is 5.91 Å². The normalized spacial score (nSPS) is 15.8. The highest BCUT2D eigenvalue weighted by atomic mass is 16.2. The first kappa shape index (κ1) is 15.9. The molecule has 6 heteroatoms. The van der Waals surface area contributed by atoms with Crippen LogP contribution in [0.15, 0.2) is 43.1 Å². The number of hydrogen-bond donors (Lipinski definition) is 1. The fourth-order valence-corrected chi connectivity index (χ4v) is 3.74. The van der Waals surface area contributed by atoms with Crippen molar-refractivity contribution < 1.29 is 4.79 Å². The standard InChI is InChI=1S/C19H23N5O/c25-19(23-10-8-16(9-11-23)24-13-21-22-14-24)7-3-4-15-12-20-18-6-2-1-5-17(15)18/h1-2,5-6,12-14,16,20H,3-4,7-11H2. The maximum Gasteiger partial charge on any atom is 0.222 e. The minimum Gasteiger partial charge on any atom is -0.361 e. The number of benzene rings is 1. The van der Waals surface area contributed by atoms with Gasteiger partial charge < -0.3 is 14.5 Å². The molecule has 4 rings (SSSR count). The average Bonchev–Trinajstić information content (AvgIpc) is 3.32. The average molecular weight is 337 g/mol. The summed E-state index contributed by atoms with van der Waals surface area (Å²) < 4.78 is 2.05. The Morgan fingerprint density at radius 3 is 2.72 bits per heavy atom. The van der Waals surface area contributed by atoms with Crippen LogP contribution < -0.4 is 0 Å². The van der Waals surface area contributed by atoms with Gasteiger partial charge in [-0.05, 0) is 37.3 Å². The van der Waals surface area contributed by atoms with Crippen LogP contribution in [0.5, 0.6) is 0 Å². The Labute approximate surface area is 146 Å². The Morgan fingerprint density at radius 2 is 1.92 bits per heavy atom. The zero-order valence-electron chi connectivity index (χ0n) is 14.3. The van der Waals surface area contributed by atoms with Gasteiger partial charge in [-0.25, -0.2) is 0 Å². The van der Waals surface area contributed by atoms with E-state index < -0.39 is 0 Å². The van der Waals surface area contributed by atoms with Gasteiger partial charge in [0.25, 0.3) is 0 Å². The number of piperidine rings is 1. The van der Waals surface area contributed by atoms with Crippen LogP contribution in [0.3, 0.4) is 0 Å². The molecule has 0 radical (unpaired) electrons. The number of rotatable bonds is 5. The molecule has 0 atom stereocenters. The molecule has 1 amide bonds. The number of carbonyl (C=O) groups is 1. The lowest BCUT2D eigenvalue weighted by molar-refractivity contribution is -0.132. The fourth-order valence-electron chi connectivity index (χ4n) is 3.74. The highest BCUT2D eigenvalue weighted by molar-refractivity contribution is 5.83. The predicted molar refractivity (Wildman–Crippen MR) is 96.1 cm³/mol. The van der Waals surface area contributed by atoms with Crippen molar-refractivity contribution in [1.82, 2.24) is 24.6 Å². The van der Waals surface area contributed by atoms with Crippen LogP contribution in [0.2, 0.25) is 0 Å². The molecular weight excluding hydrogens is 314 g/mol. The maximum absolute atomic E-state index is 12.5. The van der Waals surface area contributed by atoms with E-state index in [0.29, 0.717) is 12.5 Å². The molecule has 3 aromatic rings. The van der Waals surface area contributed by atoms with Crippen LogP contribution in [-0.2, 0) is 11.2 Å². The molecule has 1 N–H and O–H groups in total. The van der Waals surface area contributed by atoms with E-state index in [9.17, 15) is 4.79 Å². The summed E-state index contributed by atoms with van der Waals surface area (Å²) >= 11 is 0. The molecule has 1 aliphatic heterocycles. The Kier molecular flexibility index (Phi) is 4.50. The molecule has 0 unspecified atom stereocenters. The van der Waals surface area contributed by atoms with Crippen molar-refractivity contribution in [2.75, 3.05) is 13.1 Å². The number of H-pyrrole nitrogens is 1. The van der Waals surface area contributed by atoms with Gasteiger partial charge in [0.2, 0.25) is 5.91 Å². The van der Waals surface area contributed by atoms with Crippen LogP contribution in [0.1, 0.15) is 37.3 Å². The SMILES string of the molecule is O=C(CCCc1c[nH]c2ccccc12)N1CCC(n2cnnc2)CC1. The van der Waals surface area contributed by atoms with Crippen LogP contribution >= 0.6 is 0 Å². The zero-order chi connectivity index (χ0) is 17.1. The lowest BCUT2D eigenvalue weighted by atomic mass is 10.0. The molecule has 0 spiro atoms. The summed E-state index contributed by atoms with van der Waals surface area (Å²) in [6, 6.07) is 8.74. The van der Waals surface area contributed by atoms with Gasteiger partial charge in [-0.15, -0.1) is 10.2 Å². The third-order valence-corrected chi connectivity index (χ3v) is 5.19. The molecule has 0 saturated carbocycles. The predicted octanol–water partition coefficient (Wildman–Crippen LogP) is 2.95. The van der Waals surface area contributed by atoms with E-state index in [1.807, 2.05) is 11.0 Å². The second-order valence-corrected chi connectivity index (χ2v) is 6.73. The Bertz CT molecular complexity index is 831. The van der Waals surface area contributed by atoms with Gasteiger partial charge in [0.05, 0.1) is 0 Å². The molecule has 1 aromatic carbocycles. The summed E-state index contributed by atoms with van der Waals surface area (Å²) in [4.78, 5) is 17.8. The Hall–Kier alpha value is -2.63. The van der Waals surface area contributed by atoms with Crippen molar-refractivity contribution in [2.45, 2.75) is 38.1 Å². The van der Waals surface area contributed by atoms with E-state index in [1.165, 1.54) is 16.5 Å². The van der Waals surface area contributed by atoms with Crippen LogP contribution in [0.25, 0.3) is 10.9 Å². The minimum atomic E-state index is 0.280. The number of likely N-dealkylation sites (tertiary alicyclic amines) is 1. The number of amides is 1. The van der Waals surface area contributed by atoms with Crippen LogP contribution in [0, 0.1) is 0 Å². The molecular formula is C19H23N5O. The van der Waals surface area contributed by atoms with Crippen LogP contribution in [-0.4, -0.2) is 43.6 Å². The van der Waals surface area contributed by atoms with Crippen molar-refractivity contribution in [1.29, 1.82) is 0 Å². The number of aromatic amines is 1. The number of aromatic nitrogens is 4. The number of fused-ring (bicyclic) bond motifs is 1. The van der Waals surface area contributed by atoms with Crippen LogP contribution in [0.4, 0.5) is 0 Å². The number of nitrogens with one attached hydrogen (secondary N) is 1. The van der Waals surface area contributed by atoms with E-state index in [1.54, 1.807) is 12.7 Å². The maximum atomic E-state index is 12.5. The summed E-state index contributed by atoms with van der Waals surface area (Å²) in [5.41, 5.74) is 2.47. The first-order valence-corrected chi connectivity index (χ1v) is 8.98. The number of aryl methyl sites for hydroxylation is 1. The van der Waals surface area contributed by atoms with Crippen molar-refractivity contribution in [3.8, 4) is 0 Å². The van der Waals surface area contributed by atoms with E-state index >= 15 is 0 Å². The third-order valence-electron chi connectivity index (χ3n) is 5.19. The van der Waals surface area contributed by atoms with Gasteiger partial charge in [0, 0.05) is 42.7 Å². The van der Waals surface area contributed by atoms with Gasteiger partial charge in [-0.1, -0.05) is 18.2 Å². The Balaban J connectivity index is 1.26.